The molecule has 13 nitrogen and oxygen atoms in total. The molecule has 0 aliphatic heterocycles. The molecule has 2 unspecified atom stereocenters. The van der Waals surface area contributed by atoms with Crippen molar-refractivity contribution >= 4 is 47.9 Å². The van der Waals surface area contributed by atoms with Crippen LogP contribution in [0.15, 0.2) is 36.9 Å². The van der Waals surface area contributed by atoms with Crippen LogP contribution in [0, 0.1) is 0 Å². The summed E-state index contributed by atoms with van der Waals surface area (Å²) in [7, 11) is -3.88. The lowest BCUT2D eigenvalue weighted by Gasteiger charge is -2.31. The van der Waals surface area contributed by atoms with Crippen molar-refractivity contribution in [2.45, 2.75) is 45.9 Å². The molecule has 0 fully saturated rings. The zero-order chi connectivity index (χ0) is 28.6. The van der Waals surface area contributed by atoms with Crippen molar-refractivity contribution in [1.82, 2.24) is 29.7 Å². The van der Waals surface area contributed by atoms with Crippen LogP contribution < -0.4 is 15.9 Å². The maximum atomic E-state index is 14.0. The molecular weight excluding hydrogens is 549 g/mol. The van der Waals surface area contributed by atoms with E-state index in [4.69, 9.17) is 31.5 Å². The van der Waals surface area contributed by atoms with E-state index in [0.29, 0.717) is 29.3 Å². The molecule has 2 atom stereocenters. The summed E-state index contributed by atoms with van der Waals surface area (Å²) in [5, 5.41) is 5.74. The fourth-order valence-electron chi connectivity index (χ4n) is 3.53. The summed E-state index contributed by atoms with van der Waals surface area (Å²) >= 11 is 5.92. The SMILES string of the molecule is CCOCCOC(=O)C(C)(C)NP(=O)(COC(C)Cn1cnc2c(N)ncnc21)NC(=O)c1ccc(Cl)cc1. The van der Waals surface area contributed by atoms with E-state index in [1.807, 2.05) is 6.92 Å². The highest BCUT2D eigenvalue weighted by Gasteiger charge is 2.39. The van der Waals surface area contributed by atoms with Gasteiger partial charge in [-0.1, -0.05) is 11.6 Å². The van der Waals surface area contributed by atoms with Gasteiger partial charge in [-0.15, -0.1) is 0 Å². The Labute approximate surface area is 231 Å². The molecule has 2 heterocycles. The monoisotopic (exact) mass is 581 g/mol. The van der Waals surface area contributed by atoms with Crippen LogP contribution in [-0.4, -0.2) is 69.2 Å². The lowest BCUT2D eigenvalue weighted by Crippen LogP contribution is -2.49. The zero-order valence-corrected chi connectivity index (χ0v) is 23.9. The number of hydrogen-bond acceptors (Lipinski definition) is 10. The number of halogens is 1. The summed E-state index contributed by atoms with van der Waals surface area (Å²) in [5.74, 6) is -1.05. The summed E-state index contributed by atoms with van der Waals surface area (Å²) in [4.78, 5) is 38.1. The number of fused-ring (bicyclic) bond motifs is 1. The minimum Gasteiger partial charge on any atom is -0.462 e. The van der Waals surface area contributed by atoms with Crippen molar-refractivity contribution in [3.05, 3.63) is 47.5 Å². The number of imidazole rings is 1. The van der Waals surface area contributed by atoms with E-state index in [2.05, 4.69) is 25.1 Å². The molecule has 3 rings (SSSR count). The molecule has 212 valence electrons. The van der Waals surface area contributed by atoms with Crippen LogP contribution in [0.2, 0.25) is 5.02 Å². The van der Waals surface area contributed by atoms with Gasteiger partial charge in [0.15, 0.2) is 11.5 Å². The van der Waals surface area contributed by atoms with Crippen molar-refractivity contribution in [2.24, 2.45) is 0 Å². The van der Waals surface area contributed by atoms with E-state index < -0.39 is 37.3 Å². The van der Waals surface area contributed by atoms with E-state index in [1.54, 1.807) is 30.0 Å². The number of nitrogens with two attached hydrogens (primary N) is 1. The van der Waals surface area contributed by atoms with Gasteiger partial charge >= 0.3 is 5.97 Å². The van der Waals surface area contributed by atoms with Crippen LogP contribution in [0.4, 0.5) is 5.82 Å². The van der Waals surface area contributed by atoms with E-state index in [1.165, 1.54) is 32.3 Å². The fourth-order valence-corrected chi connectivity index (χ4v) is 5.76. The molecule has 4 N–H and O–H groups in total. The summed E-state index contributed by atoms with van der Waals surface area (Å²) in [6.07, 6.45) is 1.97. The molecule has 15 heteroatoms. The van der Waals surface area contributed by atoms with Crippen molar-refractivity contribution in [1.29, 1.82) is 0 Å². The number of carbonyl (C=O) groups is 2. The molecule has 0 aliphatic carbocycles. The van der Waals surface area contributed by atoms with E-state index in [0.717, 1.165) is 0 Å². The molecule has 2 aromatic heterocycles. The van der Waals surface area contributed by atoms with Crippen LogP contribution in [0.5, 0.6) is 0 Å². The largest absolute Gasteiger partial charge is 0.462 e. The maximum Gasteiger partial charge on any atom is 0.326 e. The van der Waals surface area contributed by atoms with Gasteiger partial charge in [0.1, 0.15) is 30.3 Å². The number of nitrogen functional groups attached to an aromatic ring is 1. The Morgan fingerprint density at radius 3 is 2.59 bits per heavy atom. The molecule has 1 aromatic carbocycles. The predicted octanol–water partition coefficient (Wildman–Crippen LogP) is 3.00. The van der Waals surface area contributed by atoms with E-state index >= 15 is 0 Å². The first-order valence-corrected chi connectivity index (χ1v) is 14.5. The van der Waals surface area contributed by atoms with E-state index in [9.17, 15) is 14.2 Å². The molecule has 0 aliphatic rings. The number of amides is 1. The number of hydrogen-bond donors (Lipinski definition) is 3. The molecule has 39 heavy (non-hydrogen) atoms. The smallest absolute Gasteiger partial charge is 0.326 e. The van der Waals surface area contributed by atoms with Gasteiger partial charge in [-0.2, -0.15) is 0 Å². The Bertz CT molecular complexity index is 1330. The van der Waals surface area contributed by atoms with Gasteiger partial charge in [0, 0.05) is 17.2 Å². The lowest BCUT2D eigenvalue weighted by molar-refractivity contribution is -0.151. The minimum atomic E-state index is -3.88. The van der Waals surface area contributed by atoms with Crippen LogP contribution >= 0.6 is 19.0 Å². The number of ether oxygens (including phenoxy) is 3. The molecule has 0 saturated heterocycles. The number of rotatable bonds is 14. The summed E-state index contributed by atoms with van der Waals surface area (Å²) in [6.45, 7) is 7.62. The van der Waals surface area contributed by atoms with Crippen molar-refractivity contribution in [3.63, 3.8) is 0 Å². The van der Waals surface area contributed by atoms with E-state index in [-0.39, 0.29) is 24.6 Å². The average molecular weight is 582 g/mol. The number of anilines is 1. The van der Waals surface area contributed by atoms with Crippen LogP contribution in [0.3, 0.4) is 0 Å². The molecule has 0 saturated carbocycles. The second-order valence-corrected chi connectivity index (χ2v) is 11.8. The van der Waals surface area contributed by atoms with Crippen LogP contribution in [0.1, 0.15) is 38.1 Å². The number of benzene rings is 1. The van der Waals surface area contributed by atoms with Gasteiger partial charge in [-0.3, -0.25) is 19.2 Å². The zero-order valence-electron chi connectivity index (χ0n) is 22.2. The second-order valence-electron chi connectivity index (χ2n) is 9.19. The molecule has 0 bridgehead atoms. The lowest BCUT2D eigenvalue weighted by atomic mass is 10.1. The van der Waals surface area contributed by atoms with Gasteiger partial charge in [0.05, 0.1) is 25.6 Å². The summed E-state index contributed by atoms with van der Waals surface area (Å²) in [5.41, 5.74) is 5.62. The minimum absolute atomic E-state index is 0.0275. The Kier molecular flexibility index (Phi) is 10.4. The van der Waals surface area contributed by atoms with Crippen molar-refractivity contribution in [2.75, 3.05) is 31.9 Å². The van der Waals surface area contributed by atoms with Gasteiger partial charge in [0.25, 0.3) is 13.4 Å². The summed E-state index contributed by atoms with van der Waals surface area (Å²) in [6, 6.07) is 6.07. The van der Waals surface area contributed by atoms with Gasteiger partial charge in [-0.05, 0) is 52.0 Å². The third-order valence-corrected chi connectivity index (χ3v) is 7.70. The fraction of sp³-hybridized carbons (Fsp3) is 0.458. The first kappa shape index (κ1) is 30.5. The molecule has 1 amide bonds. The second kappa shape index (κ2) is 13.3. The Balaban J connectivity index is 1.74. The maximum absolute atomic E-state index is 14.0. The molecule has 0 spiro atoms. The topological polar surface area (TPSA) is 173 Å². The first-order valence-electron chi connectivity index (χ1n) is 12.2. The number of nitrogens with one attached hydrogen (secondary N) is 2. The molecule has 0 radical (unpaired) electrons. The number of carbonyl (C=O) groups excluding carboxylic acids is 2. The summed E-state index contributed by atoms with van der Waals surface area (Å²) < 4.78 is 32.1. The molecule has 3 aromatic rings. The van der Waals surface area contributed by atoms with Gasteiger partial charge in [0.2, 0.25) is 0 Å². The Hall–Kier alpha value is -3.09. The Morgan fingerprint density at radius 1 is 1.18 bits per heavy atom. The number of aromatic nitrogens is 4. The van der Waals surface area contributed by atoms with Gasteiger partial charge in [-0.25, -0.2) is 20.0 Å². The number of esters is 1. The van der Waals surface area contributed by atoms with Crippen LogP contribution in [-0.2, 0) is 30.1 Å². The third kappa shape index (κ3) is 8.45. The molecular formula is C24H33ClN7O6P. The predicted molar refractivity (Wildman–Crippen MR) is 146 cm³/mol. The standard InChI is InChI=1S/C24H33ClN7O6P/c1-5-36-10-11-37-23(34)24(3,4)31-39(35,30-22(33)17-6-8-18(25)9-7-17)15-38-16(2)12-32-14-29-19-20(26)27-13-28-21(19)32/h6-9,13-14,16H,5,10-12,15H2,1-4H3,(H2,26,27,28)(H2,30,31,33,35). The highest BCUT2D eigenvalue weighted by molar-refractivity contribution is 7.60. The average Bonchev–Trinajstić information content (AvgIpc) is 3.29. The van der Waals surface area contributed by atoms with Gasteiger partial charge < -0.3 is 24.5 Å². The van der Waals surface area contributed by atoms with Crippen molar-refractivity contribution < 1.29 is 28.4 Å². The Morgan fingerprint density at radius 2 is 1.90 bits per heavy atom. The first-order chi connectivity index (χ1) is 18.4. The normalized spacial score (nSPS) is 14.1. The quantitative estimate of drug-likeness (QED) is 0.145. The highest BCUT2D eigenvalue weighted by atomic mass is 35.5. The van der Waals surface area contributed by atoms with Crippen molar-refractivity contribution in [3.8, 4) is 0 Å². The number of nitrogens with zero attached hydrogens (tertiary/aromatic N) is 4. The highest BCUT2D eigenvalue weighted by Crippen LogP contribution is 2.40. The third-order valence-electron chi connectivity index (χ3n) is 5.45. The van der Waals surface area contributed by atoms with Crippen LogP contribution in [0.25, 0.3) is 11.2 Å².